The lowest BCUT2D eigenvalue weighted by atomic mass is 9.95. The van der Waals surface area contributed by atoms with Crippen LogP contribution in [-0.4, -0.2) is 109 Å². The molecule has 3 fully saturated rings. The summed E-state index contributed by atoms with van der Waals surface area (Å²) in [6.07, 6.45) is -0.139. The molecular weight excluding hydrogens is 656 g/mol. The third-order valence-corrected chi connectivity index (χ3v) is 10.0. The van der Waals surface area contributed by atoms with Gasteiger partial charge in [-0.15, -0.1) is 0 Å². The molecule has 2 aromatic rings. The van der Waals surface area contributed by atoms with Crippen LogP contribution in [0.5, 0.6) is 0 Å². The van der Waals surface area contributed by atoms with Gasteiger partial charge in [-0.25, -0.2) is 4.79 Å². The first-order valence-electron chi connectivity index (χ1n) is 16.3. The van der Waals surface area contributed by atoms with E-state index >= 15 is 0 Å². The SMILES string of the molecule is CCCCOC(=O)N1CCC(N2CC[C@@H](Cc3c(Cl)cc(-c4ccc(C(=O)N5CCN(CC(F)(F)F)CC5)cc4)cc3Cl)C2=O)CC1. The Morgan fingerprint density at radius 1 is 0.872 bits per heavy atom. The number of carbonyl (C=O) groups excluding carboxylic acids is 3. The van der Waals surface area contributed by atoms with Crippen molar-refractivity contribution in [1.82, 2.24) is 19.6 Å². The maximum absolute atomic E-state index is 13.4. The Morgan fingerprint density at radius 2 is 1.51 bits per heavy atom. The number of piperidine rings is 1. The first-order valence-corrected chi connectivity index (χ1v) is 17.1. The fourth-order valence-corrected chi connectivity index (χ4v) is 7.27. The Kier molecular flexibility index (Phi) is 11.6. The second-order valence-electron chi connectivity index (χ2n) is 12.6. The van der Waals surface area contributed by atoms with Crippen molar-refractivity contribution in [2.24, 2.45) is 5.92 Å². The summed E-state index contributed by atoms with van der Waals surface area (Å²) in [6, 6.07) is 10.7. The van der Waals surface area contributed by atoms with Gasteiger partial charge in [0, 0.05) is 73.4 Å². The average Bonchev–Trinajstić information content (AvgIpc) is 3.41. The fourth-order valence-electron chi connectivity index (χ4n) is 6.63. The molecule has 3 aliphatic heterocycles. The van der Waals surface area contributed by atoms with Gasteiger partial charge in [0.05, 0.1) is 13.2 Å². The highest BCUT2D eigenvalue weighted by Crippen LogP contribution is 2.36. The fraction of sp³-hybridized carbons (Fsp3) is 0.559. The minimum absolute atomic E-state index is 0.0900. The zero-order valence-electron chi connectivity index (χ0n) is 26.5. The summed E-state index contributed by atoms with van der Waals surface area (Å²) < 4.78 is 43.4. The van der Waals surface area contributed by atoms with E-state index in [1.165, 1.54) is 4.90 Å². The lowest BCUT2D eigenvalue weighted by Crippen LogP contribution is -2.50. The van der Waals surface area contributed by atoms with Crippen molar-refractivity contribution in [3.05, 3.63) is 57.6 Å². The van der Waals surface area contributed by atoms with E-state index in [1.807, 2.05) is 24.0 Å². The van der Waals surface area contributed by atoms with Gasteiger partial charge in [-0.3, -0.25) is 14.5 Å². The molecule has 47 heavy (non-hydrogen) atoms. The number of nitrogens with zero attached hydrogens (tertiary/aromatic N) is 4. The van der Waals surface area contributed by atoms with Gasteiger partial charge in [0.1, 0.15) is 0 Å². The molecule has 3 saturated heterocycles. The summed E-state index contributed by atoms with van der Waals surface area (Å²) in [5.41, 5.74) is 2.74. The minimum atomic E-state index is -4.26. The number of unbranched alkanes of at least 4 members (excludes halogenated alkanes) is 1. The molecular formula is C34H41Cl2F3N4O4. The smallest absolute Gasteiger partial charge is 0.409 e. The first kappa shape index (κ1) is 35.3. The number of piperazine rings is 1. The average molecular weight is 698 g/mol. The van der Waals surface area contributed by atoms with Crippen LogP contribution in [0.25, 0.3) is 11.1 Å². The van der Waals surface area contributed by atoms with E-state index < -0.39 is 12.7 Å². The van der Waals surface area contributed by atoms with E-state index in [0.717, 1.165) is 42.4 Å². The number of ether oxygens (including phenoxy) is 1. The van der Waals surface area contributed by atoms with Crippen LogP contribution in [0, 0.1) is 5.92 Å². The number of rotatable bonds is 9. The molecule has 1 atom stereocenters. The summed E-state index contributed by atoms with van der Waals surface area (Å²) in [7, 11) is 0. The quantitative estimate of drug-likeness (QED) is 0.271. The van der Waals surface area contributed by atoms with E-state index in [2.05, 4.69) is 0 Å². The number of carbonyl (C=O) groups is 3. The van der Waals surface area contributed by atoms with E-state index in [9.17, 15) is 27.6 Å². The van der Waals surface area contributed by atoms with Crippen molar-refractivity contribution >= 4 is 41.1 Å². The predicted molar refractivity (Wildman–Crippen MR) is 175 cm³/mol. The molecule has 0 N–H and O–H groups in total. The molecule has 3 amide bonds. The molecule has 3 heterocycles. The van der Waals surface area contributed by atoms with Gasteiger partial charge in [-0.05, 0) is 73.1 Å². The second kappa shape index (κ2) is 15.5. The Balaban J connectivity index is 1.14. The van der Waals surface area contributed by atoms with Crippen molar-refractivity contribution in [1.29, 1.82) is 0 Å². The minimum Gasteiger partial charge on any atom is -0.449 e. The van der Waals surface area contributed by atoms with Crippen LogP contribution in [0.15, 0.2) is 36.4 Å². The first-order chi connectivity index (χ1) is 22.4. The van der Waals surface area contributed by atoms with Crippen LogP contribution in [0.4, 0.5) is 18.0 Å². The molecule has 256 valence electrons. The maximum atomic E-state index is 13.4. The predicted octanol–water partition coefficient (Wildman–Crippen LogP) is 6.77. The van der Waals surface area contributed by atoms with Gasteiger partial charge < -0.3 is 19.4 Å². The summed E-state index contributed by atoms with van der Waals surface area (Å²) in [4.78, 5) is 45.3. The van der Waals surface area contributed by atoms with Crippen LogP contribution in [-0.2, 0) is 16.0 Å². The third-order valence-electron chi connectivity index (χ3n) is 9.36. The van der Waals surface area contributed by atoms with E-state index in [4.69, 9.17) is 27.9 Å². The van der Waals surface area contributed by atoms with Crippen LogP contribution in [0.3, 0.4) is 0 Å². The summed E-state index contributed by atoms with van der Waals surface area (Å²) in [6.45, 7) is 4.13. The second-order valence-corrected chi connectivity index (χ2v) is 13.4. The molecule has 8 nitrogen and oxygen atoms in total. The number of halogens is 5. The number of alkyl halides is 3. The molecule has 5 rings (SSSR count). The molecule has 0 aromatic heterocycles. The molecule has 0 saturated carbocycles. The number of likely N-dealkylation sites (tertiary alicyclic amines) is 2. The molecule has 0 unspecified atom stereocenters. The summed E-state index contributed by atoms with van der Waals surface area (Å²) in [5, 5.41) is 0.927. The van der Waals surface area contributed by atoms with E-state index in [1.54, 1.807) is 34.1 Å². The van der Waals surface area contributed by atoms with Gasteiger partial charge in [-0.1, -0.05) is 48.7 Å². The van der Waals surface area contributed by atoms with Crippen molar-refractivity contribution in [3.63, 3.8) is 0 Å². The third kappa shape index (κ3) is 8.91. The normalized spacial score (nSPS) is 19.8. The Bertz CT molecular complexity index is 1400. The molecule has 13 heteroatoms. The van der Waals surface area contributed by atoms with Gasteiger partial charge in [0.2, 0.25) is 5.91 Å². The van der Waals surface area contributed by atoms with E-state index in [0.29, 0.717) is 54.7 Å². The monoisotopic (exact) mass is 696 g/mol. The van der Waals surface area contributed by atoms with Crippen LogP contribution in [0.2, 0.25) is 10.0 Å². The highest BCUT2D eigenvalue weighted by Gasteiger charge is 2.38. The number of amides is 3. The molecule has 0 aliphatic carbocycles. The zero-order valence-corrected chi connectivity index (χ0v) is 28.0. The topological polar surface area (TPSA) is 73.4 Å². The number of benzene rings is 2. The van der Waals surface area contributed by atoms with E-state index in [-0.39, 0.29) is 56.0 Å². The van der Waals surface area contributed by atoms with Gasteiger partial charge in [-0.2, -0.15) is 13.2 Å². The van der Waals surface area contributed by atoms with Gasteiger partial charge in [0.25, 0.3) is 5.91 Å². The summed E-state index contributed by atoms with van der Waals surface area (Å²) in [5.74, 6) is -0.360. The number of hydrogen-bond acceptors (Lipinski definition) is 5. The Hall–Kier alpha value is -3.02. The lowest BCUT2D eigenvalue weighted by Gasteiger charge is -2.36. The van der Waals surface area contributed by atoms with Crippen molar-refractivity contribution < 1.29 is 32.3 Å². The van der Waals surface area contributed by atoms with Crippen molar-refractivity contribution in [3.8, 4) is 11.1 Å². The lowest BCUT2D eigenvalue weighted by molar-refractivity contribution is -0.148. The van der Waals surface area contributed by atoms with Crippen molar-refractivity contribution in [2.75, 3.05) is 59.0 Å². The van der Waals surface area contributed by atoms with Crippen LogP contribution >= 0.6 is 23.2 Å². The molecule has 2 aromatic carbocycles. The summed E-state index contributed by atoms with van der Waals surface area (Å²) >= 11 is 13.5. The van der Waals surface area contributed by atoms with Gasteiger partial charge >= 0.3 is 12.3 Å². The number of hydrogen-bond donors (Lipinski definition) is 0. The van der Waals surface area contributed by atoms with Gasteiger partial charge in [0.15, 0.2) is 0 Å². The van der Waals surface area contributed by atoms with Crippen LogP contribution < -0.4 is 0 Å². The largest absolute Gasteiger partial charge is 0.449 e. The highest BCUT2D eigenvalue weighted by atomic mass is 35.5. The molecule has 3 aliphatic rings. The van der Waals surface area contributed by atoms with Crippen molar-refractivity contribution in [2.45, 2.75) is 57.7 Å². The van der Waals surface area contributed by atoms with Crippen LogP contribution in [0.1, 0.15) is 54.9 Å². The Labute approximate surface area is 283 Å². The highest BCUT2D eigenvalue weighted by molar-refractivity contribution is 6.36. The molecule has 0 spiro atoms. The zero-order chi connectivity index (χ0) is 33.7. The molecule has 0 bridgehead atoms. The standard InChI is InChI=1S/C34H41Cl2F3N4O4/c1-2-3-18-47-33(46)42-11-9-27(10-12-42)43-13-8-25(32(43)45)19-28-29(35)20-26(21-30(28)36)23-4-6-24(7-5-23)31(44)41-16-14-40(15-17-41)22-34(37,38)39/h4-7,20-21,25,27H,2-3,8-19,22H2,1H3/t25-/m0/s1. The maximum Gasteiger partial charge on any atom is 0.409 e. The molecule has 0 radical (unpaired) electrons. The Morgan fingerprint density at radius 3 is 2.11 bits per heavy atom.